The topological polar surface area (TPSA) is 84.5 Å². The molecule has 1 atom stereocenters. The van der Waals surface area contributed by atoms with Crippen LogP contribution >= 0.6 is 0 Å². The van der Waals surface area contributed by atoms with Gasteiger partial charge in [-0.3, -0.25) is 19.7 Å². The van der Waals surface area contributed by atoms with Crippen molar-refractivity contribution in [2.45, 2.75) is 19.8 Å². The van der Waals surface area contributed by atoms with Crippen LogP contribution in [-0.2, 0) is 16.0 Å². The van der Waals surface area contributed by atoms with Crippen molar-refractivity contribution in [2.24, 2.45) is 5.92 Å². The Hall–Kier alpha value is -3.15. The van der Waals surface area contributed by atoms with Crippen LogP contribution in [0.4, 0.5) is 5.69 Å². The molecule has 1 aliphatic rings. The molecule has 0 aliphatic carbocycles. The number of hydrogen-bond acceptors (Lipinski definition) is 4. The summed E-state index contributed by atoms with van der Waals surface area (Å²) in [6, 6.07) is 14.2. The minimum Gasteiger partial charge on any atom is -0.494 e. The third kappa shape index (κ3) is 4.27. The van der Waals surface area contributed by atoms with Gasteiger partial charge in [-0.15, -0.1) is 0 Å². The number of rotatable bonds is 6. The maximum absolute atomic E-state index is 12.3. The highest BCUT2D eigenvalue weighted by Crippen LogP contribution is 2.19. The average Bonchev–Trinajstić information content (AvgIpc) is 2.94. The minimum atomic E-state index is -0.313. The van der Waals surface area contributed by atoms with Crippen molar-refractivity contribution in [3.8, 4) is 5.75 Å². The number of ether oxygens (including phenoxy) is 1. The van der Waals surface area contributed by atoms with E-state index in [0.717, 1.165) is 11.3 Å². The molecule has 0 spiro atoms. The third-order valence-electron chi connectivity index (χ3n) is 4.19. The van der Waals surface area contributed by atoms with Crippen molar-refractivity contribution >= 4 is 23.4 Å². The van der Waals surface area contributed by atoms with Crippen LogP contribution in [0.1, 0.15) is 29.3 Å². The van der Waals surface area contributed by atoms with Gasteiger partial charge in [-0.2, -0.15) is 0 Å². The standard InChI is InChI=1S/C20H20N2O4/c1-2-26-17-9-5-14(6-10-17)19(24)21-16-7-3-13(4-8-16)11-15-12-18(23)22-20(15)25/h3-10,15H,2,11-12H2,1H3,(H,21,24)(H,22,23,25)/t15-/m1/s1. The van der Waals surface area contributed by atoms with Gasteiger partial charge >= 0.3 is 0 Å². The Labute approximate surface area is 151 Å². The number of anilines is 1. The van der Waals surface area contributed by atoms with E-state index in [-0.39, 0.29) is 30.1 Å². The van der Waals surface area contributed by atoms with Crippen LogP contribution in [0.2, 0.25) is 0 Å². The van der Waals surface area contributed by atoms with Gasteiger partial charge in [-0.05, 0) is 55.3 Å². The molecule has 1 heterocycles. The largest absolute Gasteiger partial charge is 0.494 e. The Morgan fingerprint density at radius 1 is 1.12 bits per heavy atom. The van der Waals surface area contributed by atoms with Crippen LogP contribution < -0.4 is 15.4 Å². The molecule has 6 heteroatoms. The summed E-state index contributed by atoms with van der Waals surface area (Å²) >= 11 is 0. The zero-order chi connectivity index (χ0) is 18.5. The molecule has 0 radical (unpaired) electrons. The lowest BCUT2D eigenvalue weighted by Gasteiger charge is -2.09. The first kappa shape index (κ1) is 17.7. The molecule has 2 N–H and O–H groups in total. The second-order valence-electron chi connectivity index (χ2n) is 6.13. The first-order chi connectivity index (χ1) is 12.5. The highest BCUT2D eigenvalue weighted by molar-refractivity contribution is 6.04. The Balaban J connectivity index is 1.59. The second-order valence-corrected chi connectivity index (χ2v) is 6.13. The van der Waals surface area contributed by atoms with E-state index in [1.807, 2.05) is 19.1 Å². The average molecular weight is 352 g/mol. The molecule has 2 aromatic rings. The van der Waals surface area contributed by atoms with Crippen molar-refractivity contribution in [1.29, 1.82) is 0 Å². The van der Waals surface area contributed by atoms with E-state index in [2.05, 4.69) is 10.6 Å². The van der Waals surface area contributed by atoms with Crippen molar-refractivity contribution in [3.63, 3.8) is 0 Å². The van der Waals surface area contributed by atoms with Gasteiger partial charge in [0.1, 0.15) is 5.75 Å². The van der Waals surface area contributed by atoms with E-state index < -0.39 is 0 Å². The van der Waals surface area contributed by atoms with Gasteiger partial charge in [-0.25, -0.2) is 0 Å². The fourth-order valence-corrected chi connectivity index (χ4v) is 2.85. The maximum atomic E-state index is 12.3. The molecule has 6 nitrogen and oxygen atoms in total. The van der Waals surface area contributed by atoms with Crippen LogP contribution in [0.5, 0.6) is 5.75 Å². The van der Waals surface area contributed by atoms with Crippen LogP contribution in [0.25, 0.3) is 0 Å². The molecule has 2 aromatic carbocycles. The molecular formula is C20H20N2O4. The number of amides is 3. The highest BCUT2D eigenvalue weighted by atomic mass is 16.5. The van der Waals surface area contributed by atoms with E-state index in [1.165, 1.54) is 0 Å². The molecule has 26 heavy (non-hydrogen) atoms. The summed E-state index contributed by atoms with van der Waals surface area (Å²) in [5.74, 6) is -0.238. The Morgan fingerprint density at radius 2 is 1.81 bits per heavy atom. The van der Waals surface area contributed by atoms with Gasteiger partial charge in [0, 0.05) is 17.7 Å². The van der Waals surface area contributed by atoms with Crippen molar-refractivity contribution < 1.29 is 19.1 Å². The summed E-state index contributed by atoms with van der Waals surface area (Å²) < 4.78 is 5.36. The second kappa shape index (κ2) is 7.82. The predicted molar refractivity (Wildman–Crippen MR) is 97.0 cm³/mol. The van der Waals surface area contributed by atoms with Gasteiger partial charge < -0.3 is 10.1 Å². The van der Waals surface area contributed by atoms with Crippen molar-refractivity contribution in [1.82, 2.24) is 5.32 Å². The van der Waals surface area contributed by atoms with E-state index >= 15 is 0 Å². The number of carbonyl (C=O) groups is 3. The third-order valence-corrected chi connectivity index (χ3v) is 4.19. The molecule has 3 rings (SSSR count). The monoisotopic (exact) mass is 352 g/mol. The normalized spacial score (nSPS) is 16.3. The Morgan fingerprint density at radius 3 is 2.38 bits per heavy atom. The number of imide groups is 1. The van der Waals surface area contributed by atoms with Gasteiger partial charge in [0.15, 0.2) is 0 Å². The van der Waals surface area contributed by atoms with E-state index in [0.29, 0.717) is 24.3 Å². The lowest BCUT2D eigenvalue weighted by Crippen LogP contribution is -2.22. The number of hydrogen-bond donors (Lipinski definition) is 2. The summed E-state index contributed by atoms with van der Waals surface area (Å²) in [6.45, 7) is 2.48. The maximum Gasteiger partial charge on any atom is 0.255 e. The lowest BCUT2D eigenvalue weighted by molar-refractivity contribution is -0.125. The van der Waals surface area contributed by atoms with Crippen LogP contribution in [-0.4, -0.2) is 24.3 Å². The molecular weight excluding hydrogens is 332 g/mol. The van der Waals surface area contributed by atoms with E-state index in [4.69, 9.17) is 4.74 Å². The summed E-state index contributed by atoms with van der Waals surface area (Å²) in [4.78, 5) is 35.1. The zero-order valence-corrected chi connectivity index (χ0v) is 14.5. The van der Waals surface area contributed by atoms with Gasteiger partial charge in [0.05, 0.1) is 12.5 Å². The number of benzene rings is 2. The quantitative estimate of drug-likeness (QED) is 0.783. The number of carbonyl (C=O) groups excluding carboxylic acids is 3. The molecule has 0 saturated carbocycles. The molecule has 0 aromatic heterocycles. The van der Waals surface area contributed by atoms with Crippen molar-refractivity contribution in [3.05, 3.63) is 59.7 Å². The summed E-state index contributed by atoms with van der Waals surface area (Å²) in [5.41, 5.74) is 2.15. The summed E-state index contributed by atoms with van der Waals surface area (Å²) in [7, 11) is 0. The fraction of sp³-hybridized carbons (Fsp3) is 0.250. The van der Waals surface area contributed by atoms with Gasteiger partial charge in [0.2, 0.25) is 11.8 Å². The van der Waals surface area contributed by atoms with Crippen LogP contribution in [0, 0.1) is 5.92 Å². The van der Waals surface area contributed by atoms with E-state index in [1.54, 1.807) is 36.4 Å². The lowest BCUT2D eigenvalue weighted by atomic mass is 9.98. The molecule has 0 bridgehead atoms. The molecule has 1 fully saturated rings. The van der Waals surface area contributed by atoms with Crippen molar-refractivity contribution in [2.75, 3.05) is 11.9 Å². The Bertz CT molecular complexity index is 813. The zero-order valence-electron chi connectivity index (χ0n) is 14.5. The van der Waals surface area contributed by atoms with Crippen LogP contribution in [0.3, 0.4) is 0 Å². The summed E-state index contributed by atoms with van der Waals surface area (Å²) in [6.07, 6.45) is 0.736. The number of nitrogens with one attached hydrogen (secondary N) is 2. The first-order valence-electron chi connectivity index (χ1n) is 8.52. The van der Waals surface area contributed by atoms with E-state index in [9.17, 15) is 14.4 Å². The van der Waals surface area contributed by atoms with Gasteiger partial charge in [-0.1, -0.05) is 12.1 Å². The molecule has 1 aliphatic heterocycles. The molecule has 3 amide bonds. The SMILES string of the molecule is CCOc1ccc(C(=O)Nc2ccc(C[C@@H]3CC(=O)NC3=O)cc2)cc1. The Kier molecular flexibility index (Phi) is 5.31. The summed E-state index contributed by atoms with van der Waals surface area (Å²) in [5, 5.41) is 5.14. The molecule has 0 unspecified atom stereocenters. The molecule has 1 saturated heterocycles. The predicted octanol–water partition coefficient (Wildman–Crippen LogP) is 2.54. The fourth-order valence-electron chi connectivity index (χ4n) is 2.85. The minimum absolute atomic E-state index is 0.207. The highest BCUT2D eigenvalue weighted by Gasteiger charge is 2.30. The molecule has 134 valence electrons. The smallest absolute Gasteiger partial charge is 0.255 e. The first-order valence-corrected chi connectivity index (χ1v) is 8.52. The van der Waals surface area contributed by atoms with Crippen LogP contribution in [0.15, 0.2) is 48.5 Å². The van der Waals surface area contributed by atoms with Gasteiger partial charge in [0.25, 0.3) is 5.91 Å².